The topological polar surface area (TPSA) is 43.4 Å². The van der Waals surface area contributed by atoms with Crippen LogP contribution in [0.4, 0.5) is 28.4 Å². The smallest absolute Gasteiger partial charge is 0.119 e. The Labute approximate surface area is 676 Å². The molecule has 0 amide bonds. The second-order valence-corrected chi connectivity index (χ2v) is 31.2. The Kier molecular flexibility index (Phi) is 23.2. The average Bonchev–Trinajstić information content (AvgIpc) is 1.55. The molecule has 0 spiro atoms. The van der Waals surface area contributed by atoms with Crippen LogP contribution in [-0.2, 0) is 17.4 Å². The summed E-state index contributed by atoms with van der Waals surface area (Å²) in [4.78, 5) is 4.85. The van der Waals surface area contributed by atoms with Crippen molar-refractivity contribution >= 4 is 34.5 Å². The first-order valence-corrected chi connectivity index (χ1v) is 41.5. The molecule has 0 saturated carbocycles. The number of fused-ring (bicyclic) bond motifs is 6. The minimum Gasteiger partial charge on any atom is -0.493 e. The third-order valence-electron chi connectivity index (χ3n) is 24.4. The Bertz CT molecular complexity index is 5410. The van der Waals surface area contributed by atoms with Crippen molar-refractivity contribution in [2.45, 2.75) is 115 Å². The van der Waals surface area contributed by atoms with Crippen LogP contribution < -0.4 is 28.7 Å². The van der Waals surface area contributed by atoms with Crippen molar-refractivity contribution < 1.29 is 18.9 Å². The lowest BCUT2D eigenvalue weighted by atomic mass is 9.63. The van der Waals surface area contributed by atoms with E-state index in [1.807, 2.05) is 12.2 Å². The van der Waals surface area contributed by atoms with E-state index in [2.05, 4.69) is 378 Å². The molecule has 6 atom stereocenters. The van der Waals surface area contributed by atoms with Gasteiger partial charge in [-0.15, -0.1) is 0 Å². The molecule has 0 heterocycles. The van der Waals surface area contributed by atoms with E-state index in [-0.39, 0.29) is 11.8 Å². The van der Waals surface area contributed by atoms with Crippen molar-refractivity contribution in [2.75, 3.05) is 29.6 Å². The number of ether oxygens (including phenoxy) is 4. The molecule has 4 aliphatic rings. The van der Waals surface area contributed by atoms with Gasteiger partial charge in [0.1, 0.15) is 36.2 Å². The molecule has 0 bridgehead atoms. The summed E-state index contributed by atoms with van der Waals surface area (Å²) in [5.41, 5.74) is 24.4. The van der Waals surface area contributed by atoms with Gasteiger partial charge in [-0.3, -0.25) is 0 Å². The Hall–Kier alpha value is -12.1. The van der Waals surface area contributed by atoms with Gasteiger partial charge in [0.25, 0.3) is 0 Å². The minimum absolute atomic E-state index is 0.0144. The van der Waals surface area contributed by atoms with Crippen molar-refractivity contribution in [3.05, 3.63) is 419 Å². The molecule has 570 valence electrons. The number of para-hydroxylation sites is 2. The zero-order chi connectivity index (χ0) is 77.8. The zero-order valence-corrected chi connectivity index (χ0v) is 66.5. The molecule has 0 aliphatic heterocycles. The molecule has 6 unspecified atom stereocenters. The molecule has 4 aliphatic carbocycles. The van der Waals surface area contributed by atoms with E-state index >= 15 is 0 Å². The lowest BCUT2D eigenvalue weighted by Crippen LogP contribution is -2.36. The molecule has 0 fully saturated rings. The van der Waals surface area contributed by atoms with Gasteiger partial charge in [-0.2, -0.15) is 0 Å². The predicted molar refractivity (Wildman–Crippen MR) is 475 cm³/mol. The van der Waals surface area contributed by atoms with Crippen molar-refractivity contribution in [2.24, 2.45) is 17.8 Å². The second kappa shape index (κ2) is 34.9. The van der Waals surface area contributed by atoms with Crippen LogP contribution >= 0.6 is 0 Å². The number of nitrogens with zero attached hydrogens (tertiary/aromatic N) is 2. The standard InChI is InChI=1S/C108H104N2O4/c1-7-13-25-79(11-5)73-111-95-61-47-85(48-62-95)107(87-51-65-97(66-52-87)113-75-81-39-35-77(9-3)36-40-81)103-33-23-21-31-99(103)101-69-59-93(71-105(101)107)109(89-27-17-15-18-28-89)91-55-43-83(44-56-91)84-45-57-92(58-46-84)110(90-29-19-16-20-30-90)94-60-70-102-100-32-22-24-34-104(100)108(106(102)72-94,86-49-63-96(64-50-86)112-74-80(12-6)26-14-8-2)88-53-67-98(68-54-88)114-76-82-41-37-78(10-4)38-42-82/h9-10,15-24,27-37,39-41,43-72,79-80,101,105H,3-4,7-8,11-14,25-26,38,42,73-76H2,1-2,5-6H3. The van der Waals surface area contributed by atoms with E-state index in [4.69, 9.17) is 18.9 Å². The SMILES string of the molecule is C=CC1=CC=C(COc2ccc(C3(c4ccc(OCC(CC)CCCC)cc4)c4ccccc4-c4ccc(N(c5ccccc5)c5ccc(-c6ccc(N(C7=CC8C(C=C7)c7ccccc7C8(c7ccc(OCc8ccc(C=C)cc8)cc7)c7ccc(OCC(CC)CCCC)cc7)c7ccccc7)cc6)cc5)cc43)cc2)CC1. The third-order valence-corrected chi connectivity index (χ3v) is 24.4. The number of allylic oxidation sites excluding steroid dienone is 7. The average molecular weight is 1490 g/mol. The van der Waals surface area contributed by atoms with Crippen LogP contribution in [-0.4, -0.2) is 19.8 Å². The Morgan fingerprint density at radius 3 is 1.44 bits per heavy atom. The first kappa shape index (κ1) is 75.9. The third kappa shape index (κ3) is 15.4. The zero-order valence-electron chi connectivity index (χ0n) is 66.5. The lowest BCUT2D eigenvalue weighted by Gasteiger charge is -2.40. The molecule has 12 aromatic rings. The fourth-order valence-electron chi connectivity index (χ4n) is 18.1. The Balaban J connectivity index is 0.735. The number of rotatable bonds is 33. The van der Waals surface area contributed by atoms with Crippen LogP contribution in [0.2, 0.25) is 0 Å². The van der Waals surface area contributed by atoms with E-state index in [1.54, 1.807) is 0 Å². The quantitative estimate of drug-likeness (QED) is 0.0408. The molecule has 6 heteroatoms. The van der Waals surface area contributed by atoms with Crippen molar-refractivity contribution in [1.82, 2.24) is 0 Å². The van der Waals surface area contributed by atoms with Crippen LogP contribution in [0.5, 0.6) is 23.0 Å². The second-order valence-electron chi connectivity index (χ2n) is 31.2. The van der Waals surface area contributed by atoms with Crippen molar-refractivity contribution in [3.63, 3.8) is 0 Å². The van der Waals surface area contributed by atoms with Gasteiger partial charge >= 0.3 is 0 Å². The molecular weight excluding hydrogens is 1390 g/mol. The molecule has 0 N–H and O–H groups in total. The molecule has 0 radical (unpaired) electrons. The monoisotopic (exact) mass is 1490 g/mol. The first-order chi connectivity index (χ1) is 56.2. The van der Waals surface area contributed by atoms with Crippen molar-refractivity contribution in [1.29, 1.82) is 0 Å². The van der Waals surface area contributed by atoms with E-state index < -0.39 is 10.8 Å². The van der Waals surface area contributed by atoms with Crippen LogP contribution in [0, 0.1) is 17.8 Å². The molecular formula is C108H104N2O4. The van der Waals surface area contributed by atoms with E-state index in [1.165, 1.54) is 99.7 Å². The van der Waals surface area contributed by atoms with Gasteiger partial charge in [-0.25, -0.2) is 0 Å². The molecule has 12 aromatic carbocycles. The fourth-order valence-corrected chi connectivity index (χ4v) is 18.1. The van der Waals surface area contributed by atoms with E-state index in [9.17, 15) is 0 Å². The summed E-state index contributed by atoms with van der Waals surface area (Å²) < 4.78 is 26.4. The van der Waals surface area contributed by atoms with Crippen LogP contribution in [0.15, 0.2) is 364 Å². The van der Waals surface area contributed by atoms with Gasteiger partial charge < -0.3 is 28.7 Å². The van der Waals surface area contributed by atoms with Gasteiger partial charge in [-0.05, 0) is 242 Å². The maximum Gasteiger partial charge on any atom is 0.119 e. The lowest BCUT2D eigenvalue weighted by molar-refractivity contribution is 0.233. The highest BCUT2D eigenvalue weighted by atomic mass is 16.5. The Morgan fingerprint density at radius 2 is 0.904 bits per heavy atom. The molecule has 6 nitrogen and oxygen atoms in total. The number of benzene rings is 12. The molecule has 114 heavy (non-hydrogen) atoms. The van der Waals surface area contributed by atoms with Gasteiger partial charge in [-0.1, -0.05) is 304 Å². The summed E-state index contributed by atoms with van der Waals surface area (Å²) in [6.07, 6.45) is 26.9. The first-order valence-electron chi connectivity index (χ1n) is 41.5. The highest BCUT2D eigenvalue weighted by Crippen LogP contribution is 2.62. The molecule has 0 saturated heterocycles. The number of anilines is 5. The largest absolute Gasteiger partial charge is 0.493 e. The Morgan fingerprint density at radius 1 is 0.421 bits per heavy atom. The molecule has 16 rings (SSSR count). The normalized spacial score (nSPS) is 17.5. The van der Waals surface area contributed by atoms with Crippen LogP contribution in [0.3, 0.4) is 0 Å². The maximum atomic E-state index is 6.64. The summed E-state index contributed by atoms with van der Waals surface area (Å²) in [7, 11) is 0. The number of hydrogen-bond acceptors (Lipinski definition) is 6. The van der Waals surface area contributed by atoms with Gasteiger partial charge in [0.05, 0.1) is 24.0 Å². The number of hydrogen-bond donors (Lipinski definition) is 0. The van der Waals surface area contributed by atoms with Gasteiger partial charge in [0.15, 0.2) is 0 Å². The fraction of sp³-hybridized carbons (Fsp3) is 0.222. The van der Waals surface area contributed by atoms with E-state index in [0.29, 0.717) is 38.3 Å². The summed E-state index contributed by atoms with van der Waals surface area (Å²) in [5, 5.41) is 0. The van der Waals surface area contributed by atoms with Crippen LogP contribution in [0.1, 0.15) is 153 Å². The predicted octanol–water partition coefficient (Wildman–Crippen LogP) is 28.2. The summed E-state index contributed by atoms with van der Waals surface area (Å²) in [6.45, 7) is 19.5. The van der Waals surface area contributed by atoms with E-state index in [0.717, 1.165) is 111 Å². The summed E-state index contributed by atoms with van der Waals surface area (Å²) in [5.74, 6) is 4.59. The van der Waals surface area contributed by atoms with Gasteiger partial charge in [0, 0.05) is 46.0 Å². The summed E-state index contributed by atoms with van der Waals surface area (Å²) in [6, 6.07) is 110. The minimum atomic E-state index is -0.699. The van der Waals surface area contributed by atoms with Gasteiger partial charge in [0.2, 0.25) is 0 Å². The summed E-state index contributed by atoms with van der Waals surface area (Å²) >= 11 is 0. The number of unbranched alkanes of at least 4 members (excludes halogenated alkanes) is 2. The molecule has 0 aromatic heterocycles. The highest BCUT2D eigenvalue weighted by molar-refractivity contribution is 5.90. The van der Waals surface area contributed by atoms with Crippen LogP contribution in [0.25, 0.3) is 28.3 Å². The maximum absolute atomic E-state index is 6.64. The van der Waals surface area contributed by atoms with Crippen molar-refractivity contribution in [3.8, 4) is 45.3 Å². The highest BCUT2D eigenvalue weighted by Gasteiger charge is 2.54.